The summed E-state index contributed by atoms with van der Waals surface area (Å²) in [5.41, 5.74) is 8.29. The Morgan fingerprint density at radius 1 is 1.20 bits per heavy atom. The maximum atomic E-state index is 12.3. The lowest BCUT2D eigenvalue weighted by atomic mass is 10.2. The van der Waals surface area contributed by atoms with Gasteiger partial charge in [-0.1, -0.05) is 18.2 Å². The number of para-hydroxylation sites is 1. The van der Waals surface area contributed by atoms with E-state index in [1.807, 2.05) is 43.3 Å². The van der Waals surface area contributed by atoms with Crippen LogP contribution in [0.1, 0.15) is 11.4 Å². The lowest BCUT2D eigenvalue weighted by Crippen LogP contribution is -2.20. The van der Waals surface area contributed by atoms with Gasteiger partial charge in [-0.2, -0.15) is 5.10 Å². The van der Waals surface area contributed by atoms with Crippen molar-refractivity contribution in [3.63, 3.8) is 0 Å². The number of rotatable bonds is 4. The van der Waals surface area contributed by atoms with E-state index in [1.54, 1.807) is 29.2 Å². The molecule has 0 aliphatic rings. The largest absolute Gasteiger partial charge is 0.405 e. The summed E-state index contributed by atoms with van der Waals surface area (Å²) in [4.78, 5) is 21.0. The van der Waals surface area contributed by atoms with Crippen molar-refractivity contribution in [1.82, 2.24) is 14.8 Å². The molecule has 0 amide bonds. The quantitative estimate of drug-likeness (QED) is 0.744. The Morgan fingerprint density at radius 3 is 2.72 bits per heavy atom. The summed E-state index contributed by atoms with van der Waals surface area (Å²) in [6, 6.07) is 14.6. The molecule has 0 atom stereocenters. The number of allylic oxidation sites excluding steroid dienone is 1. The molecule has 0 fully saturated rings. The van der Waals surface area contributed by atoms with Gasteiger partial charge in [-0.3, -0.25) is 9.78 Å². The molecule has 0 unspecified atom stereocenters. The second kappa shape index (κ2) is 7.35. The molecule has 3 aromatic rings. The molecular weight excluding hydrogens is 314 g/mol. The molecule has 0 spiro atoms. The average Bonchev–Trinajstić information content (AvgIpc) is 2.63. The molecule has 0 saturated carbocycles. The van der Waals surface area contributed by atoms with Crippen molar-refractivity contribution in [2.24, 2.45) is 10.7 Å². The van der Waals surface area contributed by atoms with Gasteiger partial charge in [0.15, 0.2) is 5.69 Å². The number of benzene rings is 1. The molecule has 0 aliphatic carbocycles. The Morgan fingerprint density at radius 2 is 2.00 bits per heavy atom. The van der Waals surface area contributed by atoms with Gasteiger partial charge in [-0.15, -0.1) is 0 Å². The third-order valence-corrected chi connectivity index (χ3v) is 3.46. The summed E-state index contributed by atoms with van der Waals surface area (Å²) in [5, 5.41) is 4.43. The van der Waals surface area contributed by atoms with Gasteiger partial charge in [-0.05, 0) is 43.5 Å². The third-order valence-electron chi connectivity index (χ3n) is 3.46. The molecule has 0 aliphatic heterocycles. The van der Waals surface area contributed by atoms with E-state index >= 15 is 0 Å². The van der Waals surface area contributed by atoms with Crippen LogP contribution in [0.2, 0.25) is 0 Å². The van der Waals surface area contributed by atoms with E-state index in [0.29, 0.717) is 11.4 Å². The molecular formula is C19H17N5O. The van der Waals surface area contributed by atoms with E-state index in [9.17, 15) is 4.79 Å². The molecule has 2 aromatic heterocycles. The Labute approximate surface area is 145 Å². The number of hydrogen-bond donors (Lipinski definition) is 1. The zero-order valence-corrected chi connectivity index (χ0v) is 13.7. The predicted octanol–water partition coefficient (Wildman–Crippen LogP) is 2.53. The molecule has 0 radical (unpaired) electrons. The van der Waals surface area contributed by atoms with Gasteiger partial charge < -0.3 is 5.73 Å². The van der Waals surface area contributed by atoms with Crippen molar-refractivity contribution in [1.29, 1.82) is 0 Å². The fourth-order valence-corrected chi connectivity index (χ4v) is 2.31. The molecule has 3 rings (SSSR count). The Kier molecular flexibility index (Phi) is 4.80. The second-order valence-corrected chi connectivity index (χ2v) is 5.32. The summed E-state index contributed by atoms with van der Waals surface area (Å²) >= 11 is 0. The normalized spacial score (nSPS) is 11.8. The van der Waals surface area contributed by atoms with Crippen LogP contribution in [0.3, 0.4) is 0 Å². The minimum atomic E-state index is -0.227. The maximum Gasteiger partial charge on any atom is 0.209 e. The van der Waals surface area contributed by atoms with Crippen LogP contribution in [0.4, 0.5) is 5.69 Å². The van der Waals surface area contributed by atoms with E-state index in [4.69, 9.17) is 5.73 Å². The van der Waals surface area contributed by atoms with Crippen LogP contribution < -0.4 is 11.2 Å². The Balaban J connectivity index is 2.12. The summed E-state index contributed by atoms with van der Waals surface area (Å²) in [6.07, 6.45) is 6.20. The fraction of sp³-hybridized carbons (Fsp3) is 0.0526. The number of nitrogens with zero attached hydrogens (tertiary/aromatic N) is 4. The minimum Gasteiger partial charge on any atom is -0.405 e. The maximum absolute atomic E-state index is 12.3. The predicted molar refractivity (Wildman–Crippen MR) is 98.3 cm³/mol. The monoisotopic (exact) mass is 331 g/mol. The van der Waals surface area contributed by atoms with Gasteiger partial charge in [-0.25, -0.2) is 9.67 Å². The number of pyridine rings is 1. The van der Waals surface area contributed by atoms with Crippen molar-refractivity contribution < 1.29 is 0 Å². The first-order chi connectivity index (χ1) is 12.2. The summed E-state index contributed by atoms with van der Waals surface area (Å²) in [7, 11) is 0. The number of hydrogen-bond acceptors (Lipinski definition) is 5. The zero-order chi connectivity index (χ0) is 17.6. The molecule has 25 heavy (non-hydrogen) atoms. The first-order valence-corrected chi connectivity index (χ1v) is 7.73. The van der Waals surface area contributed by atoms with Crippen LogP contribution in [-0.4, -0.2) is 20.5 Å². The first-order valence-electron chi connectivity index (χ1n) is 7.73. The molecule has 6 nitrogen and oxygen atoms in total. The van der Waals surface area contributed by atoms with Crippen LogP contribution in [0.15, 0.2) is 83.0 Å². The standard InChI is InChI=1S/C19H17N5O/c1-14-13-15(8-11-21-14)22-17(7-10-20)19-18(25)9-12-24(23-19)16-5-3-2-4-6-16/h2-13H,20H2,1H3. The average molecular weight is 331 g/mol. The van der Waals surface area contributed by atoms with Crippen LogP contribution in [0.25, 0.3) is 5.69 Å². The van der Waals surface area contributed by atoms with Crippen molar-refractivity contribution in [2.75, 3.05) is 0 Å². The lowest BCUT2D eigenvalue weighted by molar-refractivity contribution is 0.829. The van der Waals surface area contributed by atoms with Crippen molar-refractivity contribution >= 4 is 11.4 Å². The highest BCUT2D eigenvalue weighted by atomic mass is 16.1. The zero-order valence-electron chi connectivity index (χ0n) is 13.7. The van der Waals surface area contributed by atoms with Crippen LogP contribution in [-0.2, 0) is 0 Å². The van der Waals surface area contributed by atoms with Crippen LogP contribution in [0, 0.1) is 6.92 Å². The first kappa shape index (κ1) is 16.3. The third kappa shape index (κ3) is 3.87. The van der Waals surface area contributed by atoms with E-state index < -0.39 is 0 Å². The van der Waals surface area contributed by atoms with E-state index in [2.05, 4.69) is 15.1 Å². The molecule has 2 heterocycles. The minimum absolute atomic E-state index is 0.225. The molecule has 0 saturated heterocycles. The SMILES string of the molecule is Cc1cc(N=C(C=CN)c2nn(-c3ccccc3)ccc2=O)ccn1. The smallest absolute Gasteiger partial charge is 0.209 e. The Hall–Kier alpha value is -3.54. The van der Waals surface area contributed by atoms with E-state index in [-0.39, 0.29) is 11.1 Å². The molecule has 124 valence electrons. The molecule has 1 aromatic carbocycles. The second-order valence-electron chi connectivity index (χ2n) is 5.32. The molecule has 2 N–H and O–H groups in total. The highest BCUT2D eigenvalue weighted by molar-refractivity contribution is 6.08. The lowest BCUT2D eigenvalue weighted by Gasteiger charge is -2.07. The summed E-state index contributed by atoms with van der Waals surface area (Å²) < 4.78 is 1.63. The van der Waals surface area contributed by atoms with E-state index in [0.717, 1.165) is 11.4 Å². The summed E-state index contributed by atoms with van der Waals surface area (Å²) in [5.74, 6) is 0. The fourth-order valence-electron chi connectivity index (χ4n) is 2.31. The summed E-state index contributed by atoms with van der Waals surface area (Å²) in [6.45, 7) is 1.88. The van der Waals surface area contributed by atoms with Crippen LogP contribution in [0.5, 0.6) is 0 Å². The van der Waals surface area contributed by atoms with Crippen molar-refractivity contribution in [2.45, 2.75) is 6.92 Å². The topological polar surface area (TPSA) is 86.2 Å². The highest BCUT2D eigenvalue weighted by Crippen LogP contribution is 2.13. The number of aliphatic imine (C=N–C) groups is 1. The van der Waals surface area contributed by atoms with Crippen LogP contribution >= 0.6 is 0 Å². The van der Waals surface area contributed by atoms with E-state index in [1.165, 1.54) is 12.3 Å². The van der Waals surface area contributed by atoms with Gasteiger partial charge >= 0.3 is 0 Å². The van der Waals surface area contributed by atoms with Gasteiger partial charge in [0.05, 0.1) is 17.1 Å². The van der Waals surface area contributed by atoms with Gasteiger partial charge in [0.1, 0.15) is 0 Å². The van der Waals surface area contributed by atoms with Gasteiger partial charge in [0.2, 0.25) is 5.43 Å². The van der Waals surface area contributed by atoms with Crippen molar-refractivity contribution in [3.8, 4) is 5.69 Å². The van der Waals surface area contributed by atoms with Crippen molar-refractivity contribution in [3.05, 3.63) is 94.8 Å². The van der Waals surface area contributed by atoms with Gasteiger partial charge in [0.25, 0.3) is 0 Å². The highest BCUT2D eigenvalue weighted by Gasteiger charge is 2.10. The number of aryl methyl sites for hydroxylation is 1. The molecule has 0 bridgehead atoms. The Bertz CT molecular complexity index is 990. The molecule has 6 heteroatoms. The number of aromatic nitrogens is 3. The number of nitrogens with two attached hydrogens (primary N) is 1. The van der Waals surface area contributed by atoms with Gasteiger partial charge in [0, 0.05) is 24.2 Å².